The topological polar surface area (TPSA) is 33.3 Å². The van der Waals surface area contributed by atoms with E-state index < -0.39 is 0 Å². The van der Waals surface area contributed by atoms with E-state index in [0.29, 0.717) is 12.6 Å². The summed E-state index contributed by atoms with van der Waals surface area (Å²) in [6.45, 7) is 2.90. The second-order valence-electron chi connectivity index (χ2n) is 4.32. The zero-order valence-corrected chi connectivity index (χ0v) is 9.83. The molecule has 2 rings (SSSR count). The molecule has 0 saturated carbocycles. The van der Waals surface area contributed by atoms with Gasteiger partial charge in [0.25, 0.3) is 0 Å². The molecule has 2 N–H and O–H groups in total. The number of piperidine rings is 1. The van der Waals surface area contributed by atoms with Crippen LogP contribution in [0.3, 0.4) is 0 Å². The fourth-order valence-corrected chi connectivity index (χ4v) is 2.13. The van der Waals surface area contributed by atoms with E-state index >= 15 is 0 Å². The van der Waals surface area contributed by atoms with Gasteiger partial charge in [-0.25, -0.2) is 0 Å². The highest BCUT2D eigenvalue weighted by atomic mass is 16.5. The molecule has 0 aliphatic carbocycles. The van der Waals surface area contributed by atoms with Crippen molar-refractivity contribution in [2.75, 3.05) is 25.5 Å². The van der Waals surface area contributed by atoms with Gasteiger partial charge in [0.1, 0.15) is 0 Å². The van der Waals surface area contributed by atoms with Crippen LogP contribution in [0.4, 0.5) is 5.69 Å². The number of rotatable bonds is 4. The first kappa shape index (κ1) is 11.4. The minimum atomic E-state index is 0.562. The quantitative estimate of drug-likeness (QED) is 0.814. The molecule has 1 saturated heterocycles. The van der Waals surface area contributed by atoms with E-state index in [-0.39, 0.29) is 0 Å². The van der Waals surface area contributed by atoms with E-state index in [2.05, 4.69) is 34.9 Å². The number of ether oxygens (including phenoxy) is 1. The van der Waals surface area contributed by atoms with E-state index in [1.807, 2.05) is 0 Å². The molecular weight excluding hydrogens is 200 g/mol. The normalized spacial score (nSPS) is 20.7. The summed E-state index contributed by atoms with van der Waals surface area (Å²) >= 11 is 0. The molecule has 1 aliphatic heterocycles. The van der Waals surface area contributed by atoms with Crippen LogP contribution in [-0.4, -0.2) is 26.2 Å². The second kappa shape index (κ2) is 5.87. The molecule has 1 unspecified atom stereocenters. The molecule has 1 aromatic carbocycles. The van der Waals surface area contributed by atoms with Crippen molar-refractivity contribution in [3.63, 3.8) is 0 Å². The van der Waals surface area contributed by atoms with Crippen LogP contribution in [0, 0.1) is 0 Å². The Morgan fingerprint density at radius 2 is 2.44 bits per heavy atom. The van der Waals surface area contributed by atoms with Crippen LogP contribution in [-0.2, 0) is 11.3 Å². The maximum Gasteiger partial charge on any atom is 0.0713 e. The van der Waals surface area contributed by atoms with Crippen LogP contribution in [0.25, 0.3) is 0 Å². The Morgan fingerprint density at radius 3 is 3.19 bits per heavy atom. The van der Waals surface area contributed by atoms with Crippen molar-refractivity contribution >= 4 is 5.69 Å². The lowest BCUT2D eigenvalue weighted by Gasteiger charge is -2.25. The lowest BCUT2D eigenvalue weighted by molar-refractivity contribution is 0.185. The van der Waals surface area contributed by atoms with Gasteiger partial charge in [-0.05, 0) is 37.1 Å². The maximum atomic E-state index is 5.13. The van der Waals surface area contributed by atoms with Gasteiger partial charge in [0.05, 0.1) is 6.61 Å². The van der Waals surface area contributed by atoms with Crippen LogP contribution in [0.15, 0.2) is 24.3 Å². The zero-order chi connectivity index (χ0) is 11.2. The molecule has 1 heterocycles. The predicted octanol–water partition coefficient (Wildman–Crippen LogP) is 2.00. The molecule has 3 nitrogen and oxygen atoms in total. The first-order valence-corrected chi connectivity index (χ1v) is 5.93. The van der Waals surface area contributed by atoms with Crippen LogP contribution in [0.2, 0.25) is 0 Å². The molecule has 1 fully saturated rings. The average molecular weight is 220 g/mol. The number of anilines is 1. The van der Waals surface area contributed by atoms with Gasteiger partial charge in [-0.2, -0.15) is 0 Å². The summed E-state index contributed by atoms with van der Waals surface area (Å²) < 4.78 is 5.13. The molecule has 0 bridgehead atoms. The van der Waals surface area contributed by atoms with Crippen LogP contribution >= 0.6 is 0 Å². The molecular formula is C13H20N2O. The molecule has 0 radical (unpaired) electrons. The van der Waals surface area contributed by atoms with E-state index in [0.717, 1.165) is 13.1 Å². The van der Waals surface area contributed by atoms with Crippen LogP contribution in [0.5, 0.6) is 0 Å². The molecule has 0 amide bonds. The highest BCUT2D eigenvalue weighted by Crippen LogP contribution is 2.15. The van der Waals surface area contributed by atoms with Gasteiger partial charge in [0.15, 0.2) is 0 Å². The number of benzene rings is 1. The van der Waals surface area contributed by atoms with Crippen molar-refractivity contribution in [2.24, 2.45) is 0 Å². The summed E-state index contributed by atoms with van der Waals surface area (Å²) in [5.74, 6) is 0. The molecule has 1 atom stereocenters. The second-order valence-corrected chi connectivity index (χ2v) is 4.32. The van der Waals surface area contributed by atoms with Gasteiger partial charge in [0, 0.05) is 25.4 Å². The maximum absolute atomic E-state index is 5.13. The Labute approximate surface area is 97.2 Å². The zero-order valence-electron chi connectivity index (χ0n) is 9.83. The minimum absolute atomic E-state index is 0.562. The molecule has 1 aromatic rings. The Bertz CT molecular complexity index is 321. The average Bonchev–Trinajstić information content (AvgIpc) is 2.31. The SMILES string of the molecule is COCc1cccc(NC2CCCNC2)c1. The Hall–Kier alpha value is -1.06. The minimum Gasteiger partial charge on any atom is -0.381 e. The molecule has 16 heavy (non-hydrogen) atoms. The highest BCUT2D eigenvalue weighted by molar-refractivity contribution is 5.46. The van der Waals surface area contributed by atoms with Gasteiger partial charge < -0.3 is 15.4 Å². The molecule has 1 aliphatic rings. The fourth-order valence-electron chi connectivity index (χ4n) is 2.13. The van der Waals surface area contributed by atoms with E-state index in [1.54, 1.807) is 7.11 Å². The standard InChI is InChI=1S/C13H20N2O/c1-16-10-11-4-2-5-12(8-11)15-13-6-3-7-14-9-13/h2,4-5,8,13-15H,3,6-7,9-10H2,1H3. The number of hydrogen-bond acceptors (Lipinski definition) is 3. The Morgan fingerprint density at radius 1 is 1.50 bits per heavy atom. The summed E-state index contributed by atoms with van der Waals surface area (Å²) in [4.78, 5) is 0. The van der Waals surface area contributed by atoms with Crippen LogP contribution in [0.1, 0.15) is 18.4 Å². The predicted molar refractivity (Wildman–Crippen MR) is 66.7 cm³/mol. The molecule has 3 heteroatoms. The van der Waals surface area contributed by atoms with Crippen molar-refractivity contribution in [1.29, 1.82) is 0 Å². The van der Waals surface area contributed by atoms with Crippen molar-refractivity contribution < 1.29 is 4.74 Å². The lowest BCUT2D eigenvalue weighted by Crippen LogP contribution is -2.38. The van der Waals surface area contributed by atoms with Gasteiger partial charge in [0.2, 0.25) is 0 Å². The monoisotopic (exact) mass is 220 g/mol. The molecule has 0 aromatic heterocycles. The van der Waals surface area contributed by atoms with Crippen molar-refractivity contribution in [1.82, 2.24) is 5.32 Å². The van der Waals surface area contributed by atoms with Crippen molar-refractivity contribution in [3.05, 3.63) is 29.8 Å². The Balaban J connectivity index is 1.94. The Kier molecular flexibility index (Phi) is 4.19. The smallest absolute Gasteiger partial charge is 0.0713 e. The van der Waals surface area contributed by atoms with Gasteiger partial charge >= 0.3 is 0 Å². The van der Waals surface area contributed by atoms with E-state index in [1.165, 1.54) is 24.1 Å². The van der Waals surface area contributed by atoms with Gasteiger partial charge in [-0.15, -0.1) is 0 Å². The van der Waals surface area contributed by atoms with Crippen molar-refractivity contribution in [3.8, 4) is 0 Å². The lowest BCUT2D eigenvalue weighted by atomic mass is 10.1. The van der Waals surface area contributed by atoms with Gasteiger partial charge in [-0.3, -0.25) is 0 Å². The van der Waals surface area contributed by atoms with Crippen molar-refractivity contribution in [2.45, 2.75) is 25.5 Å². The fraction of sp³-hybridized carbons (Fsp3) is 0.538. The summed E-state index contributed by atoms with van der Waals surface area (Å²) in [6, 6.07) is 9.01. The largest absolute Gasteiger partial charge is 0.381 e. The van der Waals surface area contributed by atoms with Crippen LogP contribution < -0.4 is 10.6 Å². The van der Waals surface area contributed by atoms with Gasteiger partial charge in [-0.1, -0.05) is 12.1 Å². The number of hydrogen-bond donors (Lipinski definition) is 2. The summed E-state index contributed by atoms with van der Waals surface area (Å²) in [5, 5.41) is 6.97. The number of nitrogens with one attached hydrogen (secondary N) is 2. The highest BCUT2D eigenvalue weighted by Gasteiger charge is 2.12. The third kappa shape index (κ3) is 3.22. The summed E-state index contributed by atoms with van der Waals surface area (Å²) in [5.41, 5.74) is 2.42. The summed E-state index contributed by atoms with van der Waals surface area (Å²) in [7, 11) is 1.73. The third-order valence-corrected chi connectivity index (χ3v) is 2.91. The van der Waals surface area contributed by atoms with E-state index in [9.17, 15) is 0 Å². The first-order chi connectivity index (χ1) is 7.88. The number of methoxy groups -OCH3 is 1. The summed E-state index contributed by atoms with van der Waals surface area (Å²) in [6.07, 6.45) is 2.51. The molecule has 88 valence electrons. The van der Waals surface area contributed by atoms with E-state index in [4.69, 9.17) is 4.74 Å². The first-order valence-electron chi connectivity index (χ1n) is 5.93. The third-order valence-electron chi connectivity index (χ3n) is 2.91. The molecule has 0 spiro atoms.